The molecule has 0 saturated carbocycles. The molecule has 0 unspecified atom stereocenters. The number of phenols is 1. The molecule has 0 aliphatic heterocycles. The van der Waals surface area contributed by atoms with Crippen molar-refractivity contribution in [1.29, 1.82) is 0 Å². The molecule has 3 rings (SSSR count). The molecule has 0 aliphatic rings. The fourth-order valence-electron chi connectivity index (χ4n) is 2.03. The van der Waals surface area contributed by atoms with E-state index in [-0.39, 0.29) is 10.8 Å². The van der Waals surface area contributed by atoms with Crippen molar-refractivity contribution >= 4 is 49.7 Å². The van der Waals surface area contributed by atoms with E-state index in [0.29, 0.717) is 5.69 Å². The third-order valence-corrected chi connectivity index (χ3v) is 3.79. The molecule has 0 amide bonds. The lowest BCUT2D eigenvalue weighted by molar-refractivity contribution is 0.476. The zero-order chi connectivity index (χ0) is 14.8. The Kier molecular flexibility index (Phi) is 3.90. The van der Waals surface area contributed by atoms with Gasteiger partial charge in [-0.25, -0.2) is 0 Å². The van der Waals surface area contributed by atoms with Gasteiger partial charge in [0.1, 0.15) is 5.69 Å². The summed E-state index contributed by atoms with van der Waals surface area (Å²) in [5.41, 5.74) is 1.06. The molecule has 0 radical (unpaired) electrons. The maximum atomic E-state index is 9.91. The summed E-state index contributed by atoms with van der Waals surface area (Å²) >= 11 is 9.23. The molecule has 104 valence electrons. The second kappa shape index (κ2) is 5.84. The highest BCUT2D eigenvalue weighted by Gasteiger charge is 2.07. The van der Waals surface area contributed by atoms with Gasteiger partial charge in [0.25, 0.3) is 0 Å². The van der Waals surface area contributed by atoms with E-state index in [1.54, 1.807) is 12.1 Å². The van der Waals surface area contributed by atoms with E-state index >= 15 is 0 Å². The molecule has 0 saturated heterocycles. The van der Waals surface area contributed by atoms with Crippen LogP contribution in [0.2, 0.25) is 5.02 Å². The normalized spacial score (nSPS) is 11.3. The van der Waals surface area contributed by atoms with Gasteiger partial charge in [-0.3, -0.25) is 0 Å². The zero-order valence-corrected chi connectivity index (χ0v) is 13.1. The smallest absolute Gasteiger partial charge is 0.161 e. The number of hydrogen-bond donors (Lipinski definition) is 1. The molecule has 3 nitrogen and oxygen atoms in total. The molecule has 0 aliphatic carbocycles. The average molecular weight is 362 g/mol. The third-order valence-electron chi connectivity index (χ3n) is 3.04. The summed E-state index contributed by atoms with van der Waals surface area (Å²) in [6, 6.07) is 17.0. The topological polar surface area (TPSA) is 45.0 Å². The Bertz CT molecular complexity index is 844. The molecule has 3 aromatic rings. The van der Waals surface area contributed by atoms with Crippen molar-refractivity contribution in [2.75, 3.05) is 0 Å². The number of fused-ring (bicyclic) bond motifs is 1. The SMILES string of the molecule is Oc1c(Cl)cc(Br)cc1N=Nc1cccc2ccccc12. The van der Waals surface area contributed by atoms with Crippen LogP contribution in [0.15, 0.2) is 69.3 Å². The van der Waals surface area contributed by atoms with Crippen LogP contribution in [0.25, 0.3) is 10.8 Å². The van der Waals surface area contributed by atoms with Gasteiger partial charge in [-0.05, 0) is 23.6 Å². The number of nitrogens with zero attached hydrogens (tertiary/aromatic N) is 2. The van der Waals surface area contributed by atoms with E-state index in [1.807, 2.05) is 42.5 Å². The Balaban J connectivity index is 2.06. The van der Waals surface area contributed by atoms with Crippen LogP contribution in [-0.4, -0.2) is 5.11 Å². The van der Waals surface area contributed by atoms with E-state index < -0.39 is 0 Å². The van der Waals surface area contributed by atoms with Crippen LogP contribution < -0.4 is 0 Å². The first kappa shape index (κ1) is 14.0. The molecular weight excluding hydrogens is 352 g/mol. The highest BCUT2D eigenvalue weighted by Crippen LogP contribution is 2.38. The number of azo groups is 1. The lowest BCUT2D eigenvalue weighted by atomic mass is 10.1. The van der Waals surface area contributed by atoms with E-state index in [0.717, 1.165) is 20.9 Å². The number of rotatable bonds is 2. The number of hydrogen-bond acceptors (Lipinski definition) is 3. The average Bonchev–Trinajstić information content (AvgIpc) is 2.49. The highest BCUT2D eigenvalue weighted by molar-refractivity contribution is 9.10. The van der Waals surface area contributed by atoms with E-state index in [9.17, 15) is 5.11 Å². The van der Waals surface area contributed by atoms with E-state index in [4.69, 9.17) is 11.6 Å². The lowest BCUT2D eigenvalue weighted by Crippen LogP contribution is -1.74. The first-order valence-electron chi connectivity index (χ1n) is 6.22. The van der Waals surface area contributed by atoms with Gasteiger partial charge in [0.2, 0.25) is 0 Å². The number of aromatic hydroxyl groups is 1. The summed E-state index contributed by atoms with van der Waals surface area (Å²) in [4.78, 5) is 0. The fourth-order valence-corrected chi connectivity index (χ4v) is 2.82. The molecular formula is C16H10BrClN2O. The van der Waals surface area contributed by atoms with Crippen molar-refractivity contribution in [3.8, 4) is 5.75 Å². The molecule has 0 aromatic heterocycles. The van der Waals surface area contributed by atoms with Crippen LogP contribution >= 0.6 is 27.5 Å². The Morgan fingerprint density at radius 3 is 2.48 bits per heavy atom. The minimum atomic E-state index is -0.0798. The molecule has 1 N–H and O–H groups in total. The second-order valence-electron chi connectivity index (χ2n) is 4.45. The number of halogens is 2. The van der Waals surface area contributed by atoms with Crippen LogP contribution in [-0.2, 0) is 0 Å². The molecule has 0 heterocycles. The first-order chi connectivity index (χ1) is 10.1. The summed E-state index contributed by atoms with van der Waals surface area (Å²) in [6.45, 7) is 0. The van der Waals surface area contributed by atoms with Crippen molar-refractivity contribution in [3.63, 3.8) is 0 Å². The highest BCUT2D eigenvalue weighted by atomic mass is 79.9. The number of benzene rings is 3. The Morgan fingerprint density at radius 2 is 1.62 bits per heavy atom. The fraction of sp³-hybridized carbons (Fsp3) is 0. The maximum Gasteiger partial charge on any atom is 0.161 e. The van der Waals surface area contributed by atoms with Gasteiger partial charge in [0.15, 0.2) is 5.75 Å². The Morgan fingerprint density at radius 1 is 0.905 bits per heavy atom. The van der Waals surface area contributed by atoms with Crippen molar-refractivity contribution in [3.05, 3.63) is 64.1 Å². The Labute approximate surface area is 135 Å². The predicted molar refractivity (Wildman–Crippen MR) is 88.9 cm³/mol. The van der Waals surface area contributed by atoms with Crippen molar-refractivity contribution < 1.29 is 5.11 Å². The van der Waals surface area contributed by atoms with Crippen LogP contribution in [0.1, 0.15) is 0 Å². The molecule has 0 atom stereocenters. The Hall–Kier alpha value is -1.91. The van der Waals surface area contributed by atoms with Crippen LogP contribution in [0.3, 0.4) is 0 Å². The molecule has 0 fully saturated rings. The summed E-state index contributed by atoms with van der Waals surface area (Å²) in [5.74, 6) is -0.0798. The van der Waals surface area contributed by atoms with Gasteiger partial charge in [-0.1, -0.05) is 63.9 Å². The van der Waals surface area contributed by atoms with Gasteiger partial charge < -0.3 is 5.11 Å². The largest absolute Gasteiger partial charge is 0.504 e. The van der Waals surface area contributed by atoms with Gasteiger partial charge in [-0.2, -0.15) is 0 Å². The van der Waals surface area contributed by atoms with Crippen molar-refractivity contribution in [2.45, 2.75) is 0 Å². The summed E-state index contributed by atoms with van der Waals surface area (Å²) in [6.07, 6.45) is 0. The minimum absolute atomic E-state index is 0.0798. The molecule has 5 heteroatoms. The number of phenolic OH excluding ortho intramolecular Hbond substituents is 1. The van der Waals surface area contributed by atoms with Gasteiger partial charge in [0.05, 0.1) is 10.7 Å². The zero-order valence-electron chi connectivity index (χ0n) is 10.8. The summed E-state index contributed by atoms with van der Waals surface area (Å²) in [5, 5.41) is 20.6. The first-order valence-corrected chi connectivity index (χ1v) is 7.40. The summed E-state index contributed by atoms with van der Waals surface area (Å²) in [7, 11) is 0. The van der Waals surface area contributed by atoms with E-state index in [2.05, 4.69) is 26.2 Å². The second-order valence-corrected chi connectivity index (χ2v) is 5.78. The van der Waals surface area contributed by atoms with Crippen LogP contribution in [0, 0.1) is 0 Å². The molecule has 0 bridgehead atoms. The third kappa shape index (κ3) is 2.91. The van der Waals surface area contributed by atoms with Gasteiger partial charge in [0, 0.05) is 9.86 Å². The van der Waals surface area contributed by atoms with Crippen LogP contribution in [0.4, 0.5) is 11.4 Å². The van der Waals surface area contributed by atoms with Crippen molar-refractivity contribution in [2.24, 2.45) is 10.2 Å². The predicted octanol–water partition coefficient (Wildman–Crippen LogP) is 6.38. The lowest BCUT2D eigenvalue weighted by Gasteiger charge is -2.03. The minimum Gasteiger partial charge on any atom is -0.504 e. The van der Waals surface area contributed by atoms with E-state index in [1.165, 1.54) is 0 Å². The summed E-state index contributed by atoms with van der Waals surface area (Å²) < 4.78 is 0.733. The van der Waals surface area contributed by atoms with Gasteiger partial charge >= 0.3 is 0 Å². The molecule has 3 aromatic carbocycles. The molecule has 0 spiro atoms. The maximum absolute atomic E-state index is 9.91. The van der Waals surface area contributed by atoms with Gasteiger partial charge in [-0.15, -0.1) is 10.2 Å². The standard InChI is InChI=1S/C16H10BrClN2O/c17-11-8-13(18)16(21)15(9-11)20-19-14-7-3-5-10-4-1-2-6-12(10)14/h1-9,21H. The molecule has 21 heavy (non-hydrogen) atoms. The van der Waals surface area contributed by atoms with Crippen molar-refractivity contribution in [1.82, 2.24) is 0 Å². The van der Waals surface area contributed by atoms with Crippen LogP contribution in [0.5, 0.6) is 5.75 Å². The monoisotopic (exact) mass is 360 g/mol. The quantitative estimate of drug-likeness (QED) is 0.529.